The van der Waals surface area contributed by atoms with Gasteiger partial charge in [-0.15, -0.1) is 0 Å². The molecule has 8 nitrogen and oxygen atoms in total. The lowest BCUT2D eigenvalue weighted by atomic mass is 10.2. The molecule has 0 fully saturated rings. The second-order valence-corrected chi connectivity index (χ2v) is 2.52. The lowest BCUT2D eigenvalue weighted by Crippen LogP contribution is -2.25. The van der Waals surface area contributed by atoms with Gasteiger partial charge < -0.3 is 20.1 Å². The van der Waals surface area contributed by atoms with Gasteiger partial charge in [-0.05, 0) is 0 Å². The third-order valence-electron chi connectivity index (χ3n) is 1.22. The van der Waals surface area contributed by atoms with E-state index in [4.69, 9.17) is 15.3 Å². The van der Waals surface area contributed by atoms with Crippen molar-refractivity contribution in [3.05, 3.63) is 12.2 Å². The first-order valence-corrected chi connectivity index (χ1v) is 3.89. The van der Waals surface area contributed by atoms with Crippen LogP contribution in [0.4, 0.5) is 0 Å². The fourth-order valence-electron chi connectivity index (χ4n) is 0.572. The molecule has 0 amide bonds. The van der Waals surface area contributed by atoms with Crippen molar-refractivity contribution < 1.29 is 39.2 Å². The summed E-state index contributed by atoms with van der Waals surface area (Å²) in [5, 5.41) is 25.0. The van der Waals surface area contributed by atoms with Gasteiger partial charge >= 0.3 is 23.9 Å². The molecule has 1 unspecified atom stereocenters. The van der Waals surface area contributed by atoms with E-state index in [1.54, 1.807) is 0 Å². The fourth-order valence-corrected chi connectivity index (χ4v) is 0.572. The number of aliphatic hydroxyl groups is 1. The van der Waals surface area contributed by atoms with Crippen LogP contribution in [0, 0.1) is 0 Å². The van der Waals surface area contributed by atoms with E-state index in [0.717, 1.165) is 0 Å². The van der Waals surface area contributed by atoms with Crippen LogP contribution in [-0.2, 0) is 23.9 Å². The average Bonchev–Trinajstić information content (AvgIpc) is 2.14. The molecule has 0 aliphatic rings. The minimum absolute atomic E-state index is 0.448. The van der Waals surface area contributed by atoms with E-state index in [1.807, 2.05) is 0 Å². The van der Waals surface area contributed by atoms with Crippen molar-refractivity contribution in [3.8, 4) is 0 Å². The Kier molecular flexibility index (Phi) is 5.42. The number of hydrogen-bond donors (Lipinski definition) is 3. The second kappa shape index (κ2) is 6.30. The standard InChI is InChI=1S/C8H8O8/c9-4(8(14)15)3-7(13)16-6(12)2-1-5(10)11/h1-2,4,9H,3H2,(H,10,11)(H,14,15)/b2-1-. The molecule has 1 atom stereocenters. The molecule has 3 N–H and O–H groups in total. The molecule has 88 valence electrons. The highest BCUT2D eigenvalue weighted by atomic mass is 16.6. The third kappa shape index (κ3) is 6.27. The minimum atomic E-state index is -1.97. The van der Waals surface area contributed by atoms with Crippen LogP contribution in [0.25, 0.3) is 0 Å². The van der Waals surface area contributed by atoms with Gasteiger partial charge in [0.25, 0.3) is 0 Å². The summed E-state index contributed by atoms with van der Waals surface area (Å²) < 4.78 is 3.97. The van der Waals surface area contributed by atoms with Crippen molar-refractivity contribution in [2.24, 2.45) is 0 Å². The number of aliphatic carboxylic acids is 2. The first kappa shape index (κ1) is 13.8. The summed E-state index contributed by atoms with van der Waals surface area (Å²) in [6, 6.07) is 0. The molecule has 0 bridgehead atoms. The maximum absolute atomic E-state index is 10.8. The number of carbonyl (C=O) groups excluding carboxylic acids is 2. The summed E-state index contributed by atoms with van der Waals surface area (Å²) in [5.74, 6) is -5.57. The summed E-state index contributed by atoms with van der Waals surface area (Å²) in [6.07, 6.45) is -1.94. The topological polar surface area (TPSA) is 138 Å². The number of aliphatic hydroxyl groups excluding tert-OH is 1. The molecule has 0 spiro atoms. The van der Waals surface area contributed by atoms with E-state index in [9.17, 15) is 19.2 Å². The number of rotatable bonds is 5. The van der Waals surface area contributed by atoms with Crippen molar-refractivity contribution in [1.82, 2.24) is 0 Å². The predicted molar refractivity (Wildman–Crippen MR) is 46.1 cm³/mol. The van der Waals surface area contributed by atoms with Crippen LogP contribution in [-0.4, -0.2) is 45.3 Å². The minimum Gasteiger partial charge on any atom is -0.479 e. The van der Waals surface area contributed by atoms with Gasteiger partial charge in [0.1, 0.15) is 0 Å². The first-order chi connectivity index (χ1) is 7.32. The number of carboxylic acid groups (broad SMARTS) is 2. The Morgan fingerprint density at radius 2 is 1.69 bits per heavy atom. The lowest BCUT2D eigenvalue weighted by Gasteiger charge is -2.03. The zero-order valence-electron chi connectivity index (χ0n) is 7.82. The van der Waals surface area contributed by atoms with Crippen LogP contribution in [0.5, 0.6) is 0 Å². The number of carboxylic acids is 2. The first-order valence-electron chi connectivity index (χ1n) is 3.89. The molecule has 0 aromatic rings. The fraction of sp³-hybridized carbons (Fsp3) is 0.250. The van der Waals surface area contributed by atoms with Gasteiger partial charge in [-0.1, -0.05) is 0 Å². The third-order valence-corrected chi connectivity index (χ3v) is 1.22. The number of ether oxygens (including phenoxy) is 1. The highest BCUT2D eigenvalue weighted by molar-refractivity contribution is 5.96. The van der Waals surface area contributed by atoms with Crippen LogP contribution in [0.15, 0.2) is 12.2 Å². The molecule has 0 aliphatic heterocycles. The summed E-state index contributed by atoms with van der Waals surface area (Å²) in [4.78, 5) is 41.5. The van der Waals surface area contributed by atoms with Gasteiger partial charge in [0, 0.05) is 12.2 Å². The van der Waals surface area contributed by atoms with Crippen molar-refractivity contribution in [3.63, 3.8) is 0 Å². The van der Waals surface area contributed by atoms with Gasteiger partial charge in [0.05, 0.1) is 6.42 Å². The van der Waals surface area contributed by atoms with Crippen LogP contribution in [0.1, 0.15) is 6.42 Å². The predicted octanol–water partition coefficient (Wildman–Crippen LogP) is -1.47. The smallest absolute Gasteiger partial charge is 0.338 e. The van der Waals surface area contributed by atoms with Gasteiger partial charge in [-0.2, -0.15) is 0 Å². The van der Waals surface area contributed by atoms with Gasteiger partial charge in [0.2, 0.25) is 0 Å². The van der Waals surface area contributed by atoms with Crippen molar-refractivity contribution in [2.45, 2.75) is 12.5 Å². The Balaban J connectivity index is 4.11. The van der Waals surface area contributed by atoms with Crippen LogP contribution in [0.2, 0.25) is 0 Å². The summed E-state index contributed by atoms with van der Waals surface area (Å²) in [7, 11) is 0. The van der Waals surface area contributed by atoms with Crippen molar-refractivity contribution >= 4 is 23.9 Å². The van der Waals surface area contributed by atoms with Gasteiger partial charge in [-0.25, -0.2) is 14.4 Å². The SMILES string of the molecule is O=C(O)/C=C\C(=O)OC(=O)CC(O)C(=O)O. The highest BCUT2D eigenvalue weighted by Gasteiger charge is 2.20. The molecule has 0 aliphatic carbocycles. The summed E-state index contributed by atoms with van der Waals surface area (Å²) in [6.45, 7) is 0. The Bertz CT molecular complexity index is 342. The van der Waals surface area contributed by atoms with E-state index in [-0.39, 0.29) is 0 Å². The van der Waals surface area contributed by atoms with E-state index in [1.165, 1.54) is 0 Å². The molecule has 0 rings (SSSR count). The van der Waals surface area contributed by atoms with Crippen LogP contribution < -0.4 is 0 Å². The molecule has 0 saturated carbocycles. The average molecular weight is 232 g/mol. The largest absolute Gasteiger partial charge is 0.479 e. The Morgan fingerprint density at radius 1 is 1.12 bits per heavy atom. The Hall–Kier alpha value is -2.22. The number of esters is 2. The number of carbonyl (C=O) groups is 4. The van der Waals surface area contributed by atoms with E-state index in [0.29, 0.717) is 12.2 Å². The summed E-state index contributed by atoms with van der Waals surface area (Å²) >= 11 is 0. The molecule has 0 radical (unpaired) electrons. The zero-order valence-corrected chi connectivity index (χ0v) is 7.82. The molecule has 0 heterocycles. The second-order valence-electron chi connectivity index (χ2n) is 2.52. The molecular formula is C8H8O8. The maximum Gasteiger partial charge on any atom is 0.338 e. The quantitative estimate of drug-likeness (QED) is 0.296. The van der Waals surface area contributed by atoms with Gasteiger partial charge in [0.15, 0.2) is 6.10 Å². The molecular weight excluding hydrogens is 224 g/mol. The highest BCUT2D eigenvalue weighted by Crippen LogP contribution is 1.96. The van der Waals surface area contributed by atoms with Crippen molar-refractivity contribution in [2.75, 3.05) is 0 Å². The maximum atomic E-state index is 10.8. The van der Waals surface area contributed by atoms with E-state index >= 15 is 0 Å². The Labute approximate surface area is 88.7 Å². The van der Waals surface area contributed by atoms with E-state index in [2.05, 4.69) is 4.74 Å². The van der Waals surface area contributed by atoms with Crippen LogP contribution in [0.3, 0.4) is 0 Å². The molecule has 8 heteroatoms. The zero-order chi connectivity index (χ0) is 12.7. The molecule has 0 saturated heterocycles. The molecule has 0 aromatic heterocycles. The number of hydrogen-bond acceptors (Lipinski definition) is 6. The van der Waals surface area contributed by atoms with Crippen LogP contribution >= 0.6 is 0 Å². The molecule has 16 heavy (non-hydrogen) atoms. The van der Waals surface area contributed by atoms with Crippen molar-refractivity contribution in [1.29, 1.82) is 0 Å². The Morgan fingerprint density at radius 3 is 2.12 bits per heavy atom. The monoisotopic (exact) mass is 232 g/mol. The van der Waals surface area contributed by atoms with Gasteiger partial charge in [-0.3, -0.25) is 4.79 Å². The lowest BCUT2D eigenvalue weighted by molar-refractivity contribution is -0.162. The normalized spacial score (nSPS) is 12.1. The molecule has 0 aromatic carbocycles. The summed E-state index contributed by atoms with van der Waals surface area (Å²) in [5.41, 5.74) is 0. The van der Waals surface area contributed by atoms with E-state index < -0.39 is 36.4 Å².